The van der Waals surface area contributed by atoms with Crippen molar-refractivity contribution in [1.82, 2.24) is 25.0 Å². The fourth-order valence-corrected chi connectivity index (χ4v) is 4.71. The lowest BCUT2D eigenvalue weighted by molar-refractivity contribution is 0.0942. The van der Waals surface area contributed by atoms with Crippen molar-refractivity contribution in [3.63, 3.8) is 0 Å². The fraction of sp³-hybridized carbons (Fsp3) is 0.276. The van der Waals surface area contributed by atoms with Gasteiger partial charge in [-0.15, -0.1) is 0 Å². The van der Waals surface area contributed by atoms with E-state index in [-0.39, 0.29) is 5.91 Å². The van der Waals surface area contributed by atoms with Gasteiger partial charge in [0.1, 0.15) is 5.75 Å². The van der Waals surface area contributed by atoms with Crippen molar-refractivity contribution in [3.05, 3.63) is 113 Å². The normalized spacial score (nSPS) is 13.2. The highest BCUT2D eigenvalue weighted by atomic mass is 16.5. The fourth-order valence-electron chi connectivity index (χ4n) is 4.71. The number of methoxy groups -OCH3 is 1. The number of hydrogen-bond donors (Lipinski definition) is 1. The van der Waals surface area contributed by atoms with Crippen LogP contribution in [0.1, 0.15) is 38.6 Å². The number of amides is 1. The van der Waals surface area contributed by atoms with Gasteiger partial charge in [-0.25, -0.2) is 0 Å². The van der Waals surface area contributed by atoms with E-state index in [2.05, 4.69) is 51.6 Å². The number of nitrogens with one attached hydrogen (secondary N) is 1. The van der Waals surface area contributed by atoms with Crippen LogP contribution in [0.5, 0.6) is 5.75 Å². The third-order valence-corrected chi connectivity index (χ3v) is 6.58. The second kappa shape index (κ2) is 11.2. The molecule has 0 spiro atoms. The summed E-state index contributed by atoms with van der Waals surface area (Å²) in [4.78, 5) is 20.0. The SMILES string of the molecule is COc1cccc(CN2CCc3c(c(C(=O)NCc4ccccn4)nn3CCc3ccccc3)C2)c1. The van der Waals surface area contributed by atoms with Crippen LogP contribution < -0.4 is 10.1 Å². The van der Waals surface area contributed by atoms with E-state index >= 15 is 0 Å². The molecule has 7 heteroatoms. The van der Waals surface area contributed by atoms with Gasteiger partial charge in [0.15, 0.2) is 5.69 Å². The summed E-state index contributed by atoms with van der Waals surface area (Å²) in [5, 5.41) is 7.85. The molecule has 0 radical (unpaired) electrons. The van der Waals surface area contributed by atoms with Crippen LogP contribution in [-0.4, -0.2) is 39.2 Å². The first kappa shape index (κ1) is 23.8. The Bertz CT molecular complexity index is 1300. The quantitative estimate of drug-likeness (QED) is 0.391. The monoisotopic (exact) mass is 481 g/mol. The number of fused-ring (bicyclic) bond motifs is 1. The number of ether oxygens (including phenoxy) is 1. The van der Waals surface area contributed by atoms with Crippen LogP contribution >= 0.6 is 0 Å². The summed E-state index contributed by atoms with van der Waals surface area (Å²) < 4.78 is 7.43. The number of rotatable bonds is 9. The van der Waals surface area contributed by atoms with Crippen molar-refractivity contribution in [2.45, 2.75) is 39.0 Å². The Balaban J connectivity index is 1.36. The molecule has 3 heterocycles. The smallest absolute Gasteiger partial charge is 0.272 e. The largest absolute Gasteiger partial charge is 0.497 e. The van der Waals surface area contributed by atoms with Gasteiger partial charge in [0, 0.05) is 50.1 Å². The maximum absolute atomic E-state index is 13.3. The highest BCUT2D eigenvalue weighted by Gasteiger charge is 2.28. The van der Waals surface area contributed by atoms with Gasteiger partial charge in [-0.3, -0.25) is 19.4 Å². The van der Waals surface area contributed by atoms with E-state index in [0.717, 1.165) is 55.2 Å². The highest BCUT2D eigenvalue weighted by Crippen LogP contribution is 2.25. The predicted octanol–water partition coefficient (Wildman–Crippen LogP) is 4.02. The lowest BCUT2D eigenvalue weighted by atomic mass is 10.0. The van der Waals surface area contributed by atoms with Crippen LogP contribution in [0.25, 0.3) is 0 Å². The summed E-state index contributed by atoms with van der Waals surface area (Å²) in [6.45, 7) is 3.51. The first-order valence-corrected chi connectivity index (χ1v) is 12.4. The summed E-state index contributed by atoms with van der Waals surface area (Å²) in [5.74, 6) is 0.701. The van der Waals surface area contributed by atoms with E-state index in [1.165, 1.54) is 11.1 Å². The Hall–Kier alpha value is -3.97. The van der Waals surface area contributed by atoms with Crippen LogP contribution in [0.3, 0.4) is 0 Å². The van der Waals surface area contributed by atoms with Gasteiger partial charge in [0.2, 0.25) is 0 Å². The van der Waals surface area contributed by atoms with Crippen molar-refractivity contribution in [2.75, 3.05) is 13.7 Å². The van der Waals surface area contributed by atoms with Gasteiger partial charge in [-0.05, 0) is 41.8 Å². The number of pyridine rings is 1. The summed E-state index contributed by atoms with van der Waals surface area (Å²) in [6.07, 6.45) is 3.46. The Morgan fingerprint density at radius 3 is 2.67 bits per heavy atom. The zero-order valence-electron chi connectivity index (χ0n) is 20.6. The molecule has 7 nitrogen and oxygen atoms in total. The molecule has 1 N–H and O–H groups in total. The highest BCUT2D eigenvalue weighted by molar-refractivity contribution is 5.94. The van der Waals surface area contributed by atoms with Crippen molar-refractivity contribution in [1.29, 1.82) is 0 Å². The van der Waals surface area contributed by atoms with Crippen molar-refractivity contribution >= 4 is 5.91 Å². The molecule has 2 aromatic heterocycles. The molecule has 36 heavy (non-hydrogen) atoms. The molecule has 0 atom stereocenters. The van der Waals surface area contributed by atoms with Crippen molar-refractivity contribution in [2.24, 2.45) is 0 Å². The van der Waals surface area contributed by atoms with Gasteiger partial charge in [-0.1, -0.05) is 48.5 Å². The van der Waals surface area contributed by atoms with E-state index < -0.39 is 0 Å². The molecule has 0 saturated carbocycles. The molecule has 1 aliphatic rings. The number of carbonyl (C=O) groups is 1. The number of aromatic nitrogens is 3. The standard InChI is InChI=1S/C29H31N5O2/c1-36-25-12-7-10-23(18-25)20-33-16-14-27-26(21-33)28(29(35)31-19-24-11-5-6-15-30-24)32-34(27)17-13-22-8-3-2-4-9-22/h2-12,15,18H,13-14,16-17,19-21H2,1H3,(H,31,35). The maximum atomic E-state index is 13.3. The molecular formula is C29H31N5O2. The lowest BCUT2D eigenvalue weighted by Gasteiger charge is -2.28. The Kier molecular flexibility index (Phi) is 7.38. The number of benzene rings is 2. The number of carbonyl (C=O) groups excluding carboxylic acids is 1. The van der Waals surface area contributed by atoms with E-state index in [0.29, 0.717) is 18.8 Å². The van der Waals surface area contributed by atoms with Gasteiger partial charge < -0.3 is 10.1 Å². The lowest BCUT2D eigenvalue weighted by Crippen LogP contribution is -2.32. The second-order valence-electron chi connectivity index (χ2n) is 9.05. The summed E-state index contributed by atoms with van der Waals surface area (Å²) in [6, 6.07) is 24.3. The summed E-state index contributed by atoms with van der Waals surface area (Å²) in [7, 11) is 1.69. The average molecular weight is 482 g/mol. The molecule has 0 saturated heterocycles. The Labute approximate surface area is 211 Å². The average Bonchev–Trinajstić information content (AvgIpc) is 3.29. The number of nitrogens with zero attached hydrogens (tertiary/aromatic N) is 4. The first-order chi connectivity index (χ1) is 17.7. The van der Waals surface area contributed by atoms with Crippen LogP contribution in [0.2, 0.25) is 0 Å². The molecule has 0 aliphatic carbocycles. The van der Waals surface area contributed by atoms with Gasteiger partial charge in [-0.2, -0.15) is 5.10 Å². The Morgan fingerprint density at radius 2 is 1.86 bits per heavy atom. The minimum Gasteiger partial charge on any atom is -0.497 e. The molecular weight excluding hydrogens is 450 g/mol. The molecule has 0 unspecified atom stereocenters. The van der Waals surface area contributed by atoms with E-state index in [1.54, 1.807) is 13.3 Å². The third kappa shape index (κ3) is 5.63. The van der Waals surface area contributed by atoms with E-state index in [4.69, 9.17) is 9.84 Å². The molecule has 1 aliphatic heterocycles. The van der Waals surface area contributed by atoms with Crippen LogP contribution in [-0.2, 0) is 39.0 Å². The zero-order valence-corrected chi connectivity index (χ0v) is 20.6. The third-order valence-electron chi connectivity index (χ3n) is 6.58. The van der Waals surface area contributed by atoms with Gasteiger partial charge in [0.25, 0.3) is 5.91 Å². The minimum absolute atomic E-state index is 0.154. The van der Waals surface area contributed by atoms with Crippen LogP contribution in [0.4, 0.5) is 0 Å². The molecule has 2 aromatic carbocycles. The van der Waals surface area contributed by atoms with Crippen LogP contribution in [0.15, 0.2) is 79.0 Å². The van der Waals surface area contributed by atoms with Gasteiger partial charge in [0.05, 0.1) is 19.3 Å². The van der Waals surface area contributed by atoms with E-state index in [1.807, 2.05) is 41.1 Å². The number of hydrogen-bond acceptors (Lipinski definition) is 5. The second-order valence-corrected chi connectivity index (χ2v) is 9.05. The van der Waals surface area contributed by atoms with Crippen molar-refractivity contribution < 1.29 is 9.53 Å². The Morgan fingerprint density at radius 1 is 1.03 bits per heavy atom. The number of aryl methyl sites for hydroxylation is 2. The molecule has 4 aromatic rings. The minimum atomic E-state index is -0.154. The molecule has 1 amide bonds. The van der Waals surface area contributed by atoms with E-state index in [9.17, 15) is 4.79 Å². The molecule has 5 rings (SSSR count). The first-order valence-electron chi connectivity index (χ1n) is 12.4. The van der Waals surface area contributed by atoms with Gasteiger partial charge >= 0.3 is 0 Å². The zero-order chi connectivity index (χ0) is 24.7. The predicted molar refractivity (Wildman–Crippen MR) is 139 cm³/mol. The van der Waals surface area contributed by atoms with Crippen LogP contribution in [0, 0.1) is 0 Å². The van der Waals surface area contributed by atoms with Crippen molar-refractivity contribution in [3.8, 4) is 5.75 Å². The maximum Gasteiger partial charge on any atom is 0.272 e. The summed E-state index contributed by atoms with van der Waals surface area (Å²) in [5.41, 5.74) is 5.98. The molecule has 0 bridgehead atoms. The molecule has 184 valence electrons. The summed E-state index contributed by atoms with van der Waals surface area (Å²) >= 11 is 0. The molecule has 0 fully saturated rings. The topological polar surface area (TPSA) is 72.3 Å².